The summed E-state index contributed by atoms with van der Waals surface area (Å²) in [6.07, 6.45) is 10.4. The van der Waals surface area contributed by atoms with E-state index in [1.54, 1.807) is 12.4 Å². The van der Waals surface area contributed by atoms with Gasteiger partial charge in [-0.25, -0.2) is 14.8 Å². The Morgan fingerprint density at radius 3 is 2.77 bits per heavy atom. The summed E-state index contributed by atoms with van der Waals surface area (Å²) in [5.74, 6) is 4.00. The molecule has 0 amide bonds. The molecule has 1 saturated heterocycles. The van der Waals surface area contributed by atoms with Crippen molar-refractivity contribution in [1.29, 1.82) is 0 Å². The third kappa shape index (κ3) is 2.36. The molecule has 22 heavy (non-hydrogen) atoms. The van der Waals surface area contributed by atoms with Crippen molar-refractivity contribution in [2.45, 2.75) is 32.1 Å². The second-order valence-electron chi connectivity index (χ2n) is 7.16. The SMILES string of the molecule is COC(=O)c1nccnc1N1CC(CC2CC3CCC2C3)C1. The van der Waals surface area contributed by atoms with Gasteiger partial charge in [-0.05, 0) is 49.4 Å². The summed E-state index contributed by atoms with van der Waals surface area (Å²) in [5, 5.41) is 0. The molecule has 1 aromatic rings. The number of hydrogen-bond acceptors (Lipinski definition) is 5. The lowest BCUT2D eigenvalue weighted by Crippen LogP contribution is -2.48. The first-order chi connectivity index (χ1) is 10.7. The zero-order valence-electron chi connectivity index (χ0n) is 13.1. The van der Waals surface area contributed by atoms with Gasteiger partial charge < -0.3 is 9.64 Å². The number of ether oxygens (including phenoxy) is 1. The Morgan fingerprint density at radius 2 is 2.09 bits per heavy atom. The molecule has 0 radical (unpaired) electrons. The number of hydrogen-bond donors (Lipinski definition) is 0. The van der Waals surface area contributed by atoms with Crippen LogP contribution in [-0.4, -0.2) is 36.1 Å². The lowest BCUT2D eigenvalue weighted by Gasteiger charge is -2.42. The lowest BCUT2D eigenvalue weighted by atomic mass is 9.80. The third-order valence-electron chi connectivity index (χ3n) is 5.83. The highest BCUT2D eigenvalue weighted by Crippen LogP contribution is 2.51. The van der Waals surface area contributed by atoms with E-state index in [0.717, 1.165) is 36.8 Å². The van der Waals surface area contributed by atoms with Crippen molar-refractivity contribution in [3.05, 3.63) is 18.1 Å². The molecule has 0 spiro atoms. The maximum absolute atomic E-state index is 11.8. The van der Waals surface area contributed by atoms with E-state index < -0.39 is 5.97 Å². The molecule has 4 rings (SSSR count). The van der Waals surface area contributed by atoms with Crippen LogP contribution >= 0.6 is 0 Å². The Balaban J connectivity index is 1.36. The highest BCUT2D eigenvalue weighted by atomic mass is 16.5. The molecule has 3 unspecified atom stereocenters. The van der Waals surface area contributed by atoms with E-state index in [1.807, 2.05) is 0 Å². The summed E-state index contributed by atoms with van der Waals surface area (Å²) in [6, 6.07) is 0. The van der Waals surface area contributed by atoms with Crippen LogP contribution in [-0.2, 0) is 4.74 Å². The molecule has 1 aromatic heterocycles. The minimum Gasteiger partial charge on any atom is -0.464 e. The third-order valence-corrected chi connectivity index (χ3v) is 5.83. The largest absolute Gasteiger partial charge is 0.464 e. The van der Waals surface area contributed by atoms with Gasteiger partial charge in [-0.2, -0.15) is 0 Å². The quantitative estimate of drug-likeness (QED) is 0.800. The minimum absolute atomic E-state index is 0.336. The standard InChI is InChI=1S/C17H23N3O2/c1-22-17(21)15-16(19-5-4-18-15)20-9-12(10-20)8-14-7-11-2-3-13(14)6-11/h4-5,11-14H,2-3,6-10H2,1H3. The fourth-order valence-electron chi connectivity index (χ4n) is 4.79. The van der Waals surface area contributed by atoms with Crippen molar-refractivity contribution in [1.82, 2.24) is 9.97 Å². The van der Waals surface area contributed by atoms with E-state index in [1.165, 1.54) is 39.2 Å². The number of aromatic nitrogens is 2. The van der Waals surface area contributed by atoms with Gasteiger partial charge in [0.25, 0.3) is 0 Å². The molecule has 2 saturated carbocycles. The van der Waals surface area contributed by atoms with Crippen LogP contribution in [0.1, 0.15) is 42.6 Å². The number of carbonyl (C=O) groups excluding carboxylic acids is 1. The van der Waals surface area contributed by atoms with Crippen molar-refractivity contribution >= 4 is 11.8 Å². The van der Waals surface area contributed by atoms with Crippen LogP contribution in [0.15, 0.2) is 12.4 Å². The van der Waals surface area contributed by atoms with Crippen molar-refractivity contribution in [2.75, 3.05) is 25.1 Å². The molecular weight excluding hydrogens is 278 g/mol. The highest BCUT2D eigenvalue weighted by molar-refractivity contribution is 5.92. The number of anilines is 1. The molecular formula is C17H23N3O2. The van der Waals surface area contributed by atoms with Gasteiger partial charge in [0, 0.05) is 25.5 Å². The second kappa shape index (κ2) is 5.52. The zero-order chi connectivity index (χ0) is 15.1. The molecule has 0 N–H and O–H groups in total. The number of nitrogens with zero attached hydrogens (tertiary/aromatic N) is 3. The van der Waals surface area contributed by atoms with Crippen molar-refractivity contribution in [2.24, 2.45) is 23.7 Å². The average Bonchev–Trinajstić information content (AvgIpc) is 3.12. The first-order valence-corrected chi connectivity index (χ1v) is 8.39. The molecule has 5 nitrogen and oxygen atoms in total. The molecule has 2 aliphatic carbocycles. The zero-order valence-corrected chi connectivity index (χ0v) is 13.1. The Labute approximate surface area is 131 Å². The van der Waals surface area contributed by atoms with Crippen LogP contribution in [0.3, 0.4) is 0 Å². The monoisotopic (exact) mass is 301 g/mol. The average molecular weight is 301 g/mol. The predicted octanol–water partition coefficient (Wildman–Crippen LogP) is 2.53. The summed E-state index contributed by atoms with van der Waals surface area (Å²) in [5.41, 5.74) is 0.336. The minimum atomic E-state index is -0.403. The highest BCUT2D eigenvalue weighted by Gasteiger charge is 2.42. The Morgan fingerprint density at radius 1 is 1.27 bits per heavy atom. The fourth-order valence-corrected chi connectivity index (χ4v) is 4.79. The molecule has 118 valence electrons. The number of methoxy groups -OCH3 is 1. The lowest BCUT2D eigenvalue weighted by molar-refractivity contribution is 0.0593. The maximum atomic E-state index is 11.8. The topological polar surface area (TPSA) is 55.3 Å². The molecule has 1 aliphatic heterocycles. The summed E-state index contributed by atoms with van der Waals surface area (Å²) < 4.78 is 4.80. The summed E-state index contributed by atoms with van der Waals surface area (Å²) in [7, 11) is 1.38. The molecule has 3 atom stereocenters. The summed E-state index contributed by atoms with van der Waals surface area (Å²) in [6.45, 7) is 1.99. The molecule has 2 heterocycles. The number of esters is 1. The summed E-state index contributed by atoms with van der Waals surface area (Å²) >= 11 is 0. The molecule has 5 heteroatoms. The van der Waals surface area contributed by atoms with Gasteiger partial charge >= 0.3 is 5.97 Å². The van der Waals surface area contributed by atoms with Crippen LogP contribution in [0.5, 0.6) is 0 Å². The smallest absolute Gasteiger partial charge is 0.360 e. The van der Waals surface area contributed by atoms with Gasteiger partial charge in [0.05, 0.1) is 7.11 Å². The van der Waals surface area contributed by atoms with E-state index in [-0.39, 0.29) is 0 Å². The van der Waals surface area contributed by atoms with Crippen LogP contribution in [0.25, 0.3) is 0 Å². The van der Waals surface area contributed by atoms with Gasteiger partial charge in [-0.3, -0.25) is 0 Å². The van der Waals surface area contributed by atoms with Gasteiger partial charge in [-0.1, -0.05) is 6.42 Å². The van der Waals surface area contributed by atoms with E-state index in [2.05, 4.69) is 14.9 Å². The van der Waals surface area contributed by atoms with Gasteiger partial charge in [0.15, 0.2) is 11.5 Å². The number of fused-ring (bicyclic) bond motifs is 2. The summed E-state index contributed by atoms with van der Waals surface area (Å²) in [4.78, 5) is 22.4. The molecule has 0 aromatic carbocycles. The van der Waals surface area contributed by atoms with E-state index in [9.17, 15) is 4.79 Å². The van der Waals surface area contributed by atoms with Gasteiger partial charge in [-0.15, -0.1) is 0 Å². The first kappa shape index (κ1) is 14.0. The van der Waals surface area contributed by atoms with Gasteiger partial charge in [0.2, 0.25) is 0 Å². The predicted molar refractivity (Wildman–Crippen MR) is 82.6 cm³/mol. The number of carbonyl (C=O) groups is 1. The van der Waals surface area contributed by atoms with Crippen LogP contribution in [0.4, 0.5) is 5.82 Å². The normalized spacial score (nSPS) is 30.4. The first-order valence-electron chi connectivity index (χ1n) is 8.39. The van der Waals surface area contributed by atoms with Crippen LogP contribution in [0.2, 0.25) is 0 Å². The maximum Gasteiger partial charge on any atom is 0.360 e. The number of rotatable bonds is 4. The van der Waals surface area contributed by atoms with E-state index in [4.69, 9.17) is 4.74 Å². The van der Waals surface area contributed by atoms with Crippen LogP contribution in [0, 0.1) is 23.7 Å². The Bertz CT molecular complexity index is 571. The van der Waals surface area contributed by atoms with Crippen LogP contribution < -0.4 is 4.90 Å². The molecule has 3 fully saturated rings. The fraction of sp³-hybridized carbons (Fsp3) is 0.706. The Hall–Kier alpha value is -1.65. The second-order valence-corrected chi connectivity index (χ2v) is 7.16. The van der Waals surface area contributed by atoms with Crippen molar-refractivity contribution in [3.63, 3.8) is 0 Å². The Kier molecular flexibility index (Phi) is 3.51. The van der Waals surface area contributed by atoms with E-state index in [0.29, 0.717) is 11.5 Å². The van der Waals surface area contributed by atoms with Gasteiger partial charge in [0.1, 0.15) is 0 Å². The van der Waals surface area contributed by atoms with E-state index >= 15 is 0 Å². The van der Waals surface area contributed by atoms with Crippen molar-refractivity contribution < 1.29 is 9.53 Å². The molecule has 2 bridgehead atoms. The molecule has 3 aliphatic rings. The van der Waals surface area contributed by atoms with Crippen molar-refractivity contribution in [3.8, 4) is 0 Å².